The number of hydrogen-bond donors (Lipinski definition) is 2. The van der Waals surface area contributed by atoms with Crippen LogP contribution in [0, 0.1) is 11.8 Å². The smallest absolute Gasteiger partial charge is 0.300 e. The minimum atomic E-state index is -0.833. The largest absolute Gasteiger partial charge is 0.481 e. The number of rotatable bonds is 0. The summed E-state index contributed by atoms with van der Waals surface area (Å²) in [7, 11) is 0. The number of carboxylic acids is 2. The van der Waals surface area contributed by atoms with Crippen molar-refractivity contribution in [2.45, 2.75) is 73.6 Å². The highest BCUT2D eigenvalue weighted by atomic mass is 16.4. The first kappa shape index (κ1) is 23.1. The zero-order valence-corrected chi connectivity index (χ0v) is 13.4. The van der Waals surface area contributed by atoms with Crippen LogP contribution in [0.3, 0.4) is 0 Å². The van der Waals surface area contributed by atoms with Crippen molar-refractivity contribution in [3.8, 4) is 0 Å². The molecule has 2 aliphatic carbocycles. The third-order valence-electron chi connectivity index (χ3n) is 2.63. The van der Waals surface area contributed by atoms with E-state index in [9.17, 15) is 0 Å². The molecule has 0 saturated heterocycles. The normalized spacial score (nSPS) is 20.9. The van der Waals surface area contributed by atoms with E-state index >= 15 is 0 Å². The summed E-state index contributed by atoms with van der Waals surface area (Å²) in [6.45, 7) is 10.2. The summed E-state index contributed by atoms with van der Waals surface area (Å²) < 4.78 is 0. The Labute approximate surface area is 118 Å². The Morgan fingerprint density at radius 2 is 0.895 bits per heavy atom. The molecule has 0 aromatic carbocycles. The van der Waals surface area contributed by atoms with E-state index < -0.39 is 11.9 Å². The number of carbonyl (C=O) groups is 2. The van der Waals surface area contributed by atoms with Gasteiger partial charge in [0.05, 0.1) is 0 Å². The summed E-state index contributed by atoms with van der Waals surface area (Å²) in [5.74, 6) is 0.676. The van der Waals surface area contributed by atoms with E-state index in [-0.39, 0.29) is 0 Å². The van der Waals surface area contributed by atoms with Gasteiger partial charge in [-0.25, -0.2) is 0 Å². The van der Waals surface area contributed by atoms with Crippen LogP contribution in [0.5, 0.6) is 0 Å². The summed E-state index contributed by atoms with van der Waals surface area (Å²) >= 11 is 0. The van der Waals surface area contributed by atoms with Gasteiger partial charge in [0, 0.05) is 13.8 Å². The predicted octanol–water partition coefficient (Wildman–Crippen LogP) is 4.43. The maximum atomic E-state index is 9.00. The van der Waals surface area contributed by atoms with Crippen molar-refractivity contribution in [1.82, 2.24) is 0 Å². The third-order valence-corrected chi connectivity index (χ3v) is 2.63. The standard InChI is InChI=1S/C7H12.2C2H4O2.2C2H6/c1-2-7-4-3-6(1)5-7;2*1-2(3)4;2*1-2/h6-7H,1-5H2;2*1H3,(H,3,4);2*1-2H3. The zero-order chi connectivity index (χ0) is 15.8. The van der Waals surface area contributed by atoms with E-state index in [1.165, 1.54) is 11.8 Å². The van der Waals surface area contributed by atoms with Crippen LogP contribution in [-0.2, 0) is 9.59 Å². The van der Waals surface area contributed by atoms with Crippen LogP contribution in [0.1, 0.15) is 73.6 Å². The molecule has 0 aromatic heterocycles. The Hall–Kier alpha value is -1.06. The highest BCUT2D eigenvalue weighted by molar-refractivity contribution is 5.63. The van der Waals surface area contributed by atoms with Gasteiger partial charge >= 0.3 is 0 Å². The Morgan fingerprint density at radius 3 is 0.947 bits per heavy atom. The lowest BCUT2D eigenvalue weighted by molar-refractivity contribution is -0.135. The number of fused-ring (bicyclic) bond motifs is 2. The van der Waals surface area contributed by atoms with Crippen molar-refractivity contribution in [2.75, 3.05) is 0 Å². The molecule has 2 fully saturated rings. The molecule has 2 saturated carbocycles. The van der Waals surface area contributed by atoms with Crippen molar-refractivity contribution in [1.29, 1.82) is 0 Å². The number of aliphatic carboxylic acids is 2. The zero-order valence-electron chi connectivity index (χ0n) is 13.4. The number of carboxylic acid groups (broad SMARTS) is 2. The lowest BCUT2D eigenvalue weighted by Crippen LogP contribution is -1.90. The van der Waals surface area contributed by atoms with Crippen LogP contribution in [0.15, 0.2) is 0 Å². The highest BCUT2D eigenvalue weighted by Crippen LogP contribution is 2.43. The molecule has 4 nitrogen and oxygen atoms in total. The van der Waals surface area contributed by atoms with Gasteiger partial charge in [-0.2, -0.15) is 0 Å². The van der Waals surface area contributed by atoms with Gasteiger partial charge in [-0.15, -0.1) is 0 Å². The first-order valence-electron chi connectivity index (χ1n) is 7.30. The van der Waals surface area contributed by atoms with Gasteiger partial charge in [0.25, 0.3) is 11.9 Å². The maximum Gasteiger partial charge on any atom is 0.300 e. The summed E-state index contributed by atoms with van der Waals surface area (Å²) in [5.41, 5.74) is 0. The predicted molar refractivity (Wildman–Crippen MR) is 79.4 cm³/mol. The maximum absolute atomic E-state index is 9.00. The average molecular weight is 276 g/mol. The summed E-state index contributed by atoms with van der Waals surface area (Å²) in [6, 6.07) is 0. The monoisotopic (exact) mass is 276 g/mol. The molecule has 2 bridgehead atoms. The molecule has 0 aromatic rings. The fraction of sp³-hybridized carbons (Fsp3) is 0.867. The van der Waals surface area contributed by atoms with E-state index in [0.29, 0.717) is 0 Å². The minimum Gasteiger partial charge on any atom is -0.481 e. The van der Waals surface area contributed by atoms with Crippen molar-refractivity contribution in [2.24, 2.45) is 11.8 Å². The molecule has 0 spiro atoms. The van der Waals surface area contributed by atoms with Gasteiger partial charge in [0.15, 0.2) is 0 Å². The topological polar surface area (TPSA) is 74.6 Å². The molecule has 2 aliphatic rings. The van der Waals surface area contributed by atoms with Gasteiger partial charge in [-0.3, -0.25) is 9.59 Å². The van der Waals surface area contributed by atoms with Crippen LogP contribution in [-0.4, -0.2) is 22.2 Å². The fourth-order valence-electron chi connectivity index (χ4n) is 2.17. The summed E-state index contributed by atoms with van der Waals surface area (Å²) in [6.07, 6.45) is 7.82. The van der Waals surface area contributed by atoms with E-state index in [2.05, 4.69) is 0 Å². The lowest BCUT2D eigenvalue weighted by atomic mass is 10.0. The van der Waals surface area contributed by atoms with E-state index in [1.807, 2.05) is 27.7 Å². The van der Waals surface area contributed by atoms with Crippen molar-refractivity contribution in [3.63, 3.8) is 0 Å². The second-order valence-corrected chi connectivity index (χ2v) is 4.16. The lowest BCUT2D eigenvalue weighted by Gasteiger charge is -2.05. The van der Waals surface area contributed by atoms with Gasteiger partial charge in [0.2, 0.25) is 0 Å². The van der Waals surface area contributed by atoms with E-state index in [4.69, 9.17) is 19.8 Å². The SMILES string of the molecule is C1CC2CCC1C2.CC.CC.CC(=O)O.CC(=O)O. The molecule has 0 radical (unpaired) electrons. The summed E-state index contributed by atoms with van der Waals surface area (Å²) in [4.78, 5) is 18.0. The van der Waals surface area contributed by atoms with Gasteiger partial charge in [-0.1, -0.05) is 53.4 Å². The van der Waals surface area contributed by atoms with Crippen LogP contribution in [0.4, 0.5) is 0 Å². The first-order chi connectivity index (χ1) is 8.91. The van der Waals surface area contributed by atoms with Crippen molar-refractivity contribution >= 4 is 11.9 Å². The minimum absolute atomic E-state index is 0.833. The second-order valence-electron chi connectivity index (χ2n) is 4.16. The quantitative estimate of drug-likeness (QED) is 0.686. The molecule has 116 valence electrons. The Morgan fingerprint density at radius 1 is 0.737 bits per heavy atom. The molecule has 0 heterocycles. The summed E-state index contributed by atoms with van der Waals surface area (Å²) in [5, 5.41) is 14.8. The fourth-order valence-corrected chi connectivity index (χ4v) is 2.17. The molecule has 4 heteroatoms. The molecule has 2 N–H and O–H groups in total. The van der Waals surface area contributed by atoms with E-state index in [1.54, 1.807) is 32.1 Å². The van der Waals surface area contributed by atoms with Gasteiger partial charge in [-0.05, 0) is 18.3 Å². The van der Waals surface area contributed by atoms with Crippen molar-refractivity contribution < 1.29 is 19.8 Å². The molecular weight excluding hydrogens is 244 g/mol. The highest BCUT2D eigenvalue weighted by Gasteiger charge is 2.30. The molecule has 0 atom stereocenters. The Balaban J connectivity index is -0.000000189. The van der Waals surface area contributed by atoms with Crippen LogP contribution < -0.4 is 0 Å². The molecule has 0 aliphatic heterocycles. The molecule has 0 amide bonds. The third kappa shape index (κ3) is 22.6. The second kappa shape index (κ2) is 16.9. The van der Waals surface area contributed by atoms with Crippen LogP contribution in [0.2, 0.25) is 0 Å². The van der Waals surface area contributed by atoms with Crippen LogP contribution in [0.25, 0.3) is 0 Å². The molecule has 2 rings (SSSR count). The Bertz CT molecular complexity index is 176. The number of hydrogen-bond acceptors (Lipinski definition) is 2. The van der Waals surface area contributed by atoms with Gasteiger partial charge < -0.3 is 10.2 Å². The van der Waals surface area contributed by atoms with Crippen molar-refractivity contribution in [3.05, 3.63) is 0 Å². The Kier molecular flexibility index (Phi) is 20.6. The average Bonchev–Trinajstić information content (AvgIpc) is 2.97. The first-order valence-corrected chi connectivity index (χ1v) is 7.30. The molecule has 0 unspecified atom stereocenters. The molecular formula is C15H32O4. The molecule has 19 heavy (non-hydrogen) atoms. The van der Waals surface area contributed by atoms with E-state index in [0.717, 1.165) is 13.8 Å². The van der Waals surface area contributed by atoms with Gasteiger partial charge in [0.1, 0.15) is 0 Å². The van der Waals surface area contributed by atoms with Crippen LogP contribution >= 0.6 is 0 Å².